The Hall–Kier alpha value is -1.51. The first-order chi connectivity index (χ1) is 12.3. The van der Waals surface area contributed by atoms with Gasteiger partial charge in [0.05, 0.1) is 0 Å². The Morgan fingerprint density at radius 2 is 1.81 bits per heavy atom. The van der Waals surface area contributed by atoms with E-state index in [9.17, 15) is 4.79 Å². The molecule has 0 saturated heterocycles. The Morgan fingerprint density at radius 1 is 1.12 bits per heavy atom. The summed E-state index contributed by atoms with van der Waals surface area (Å²) >= 11 is 0. The zero-order valence-electron chi connectivity index (χ0n) is 17.7. The van der Waals surface area contributed by atoms with Crippen LogP contribution in [0.1, 0.15) is 91.5 Å². The lowest BCUT2D eigenvalue weighted by molar-refractivity contribution is -0.155. The molecule has 3 nitrogen and oxygen atoms in total. The van der Waals surface area contributed by atoms with E-state index in [1.165, 1.54) is 24.1 Å². The molecular formula is C23H39NO2. The normalized spacial score (nSPS) is 12.9. The molecule has 1 unspecified atom stereocenters. The molecule has 0 heterocycles. The molecule has 1 aromatic carbocycles. The second-order valence-electron chi connectivity index (χ2n) is 8.30. The van der Waals surface area contributed by atoms with Crippen molar-refractivity contribution in [3.8, 4) is 0 Å². The van der Waals surface area contributed by atoms with E-state index in [1.54, 1.807) is 0 Å². The minimum Gasteiger partial charge on any atom is -0.460 e. The number of esters is 1. The minimum absolute atomic E-state index is 0.0957. The number of nitrogens with one attached hydrogen (secondary N) is 1. The highest BCUT2D eigenvalue weighted by atomic mass is 16.6. The van der Waals surface area contributed by atoms with E-state index in [2.05, 4.69) is 50.4 Å². The first kappa shape index (κ1) is 22.5. The maximum atomic E-state index is 12.1. The van der Waals surface area contributed by atoms with Crippen LogP contribution in [0.15, 0.2) is 24.3 Å². The summed E-state index contributed by atoms with van der Waals surface area (Å²) in [7, 11) is 0. The fourth-order valence-corrected chi connectivity index (χ4v) is 3.25. The topological polar surface area (TPSA) is 38.3 Å². The van der Waals surface area contributed by atoms with Crippen LogP contribution in [0.25, 0.3) is 0 Å². The third kappa shape index (κ3) is 8.73. The molecule has 0 aromatic heterocycles. The second kappa shape index (κ2) is 11.3. The smallest absolute Gasteiger partial charge is 0.306 e. The molecule has 0 saturated carbocycles. The summed E-state index contributed by atoms with van der Waals surface area (Å²) in [4.78, 5) is 12.1. The summed E-state index contributed by atoms with van der Waals surface area (Å²) in [5.41, 5.74) is 2.11. The largest absolute Gasteiger partial charge is 0.460 e. The average molecular weight is 362 g/mol. The van der Waals surface area contributed by atoms with Gasteiger partial charge in [0.15, 0.2) is 0 Å². The highest BCUT2D eigenvalue weighted by Crippen LogP contribution is 2.29. The second-order valence-corrected chi connectivity index (χ2v) is 8.30. The molecule has 1 aromatic rings. The van der Waals surface area contributed by atoms with E-state index in [4.69, 9.17) is 4.74 Å². The van der Waals surface area contributed by atoms with Crippen LogP contribution in [-0.2, 0) is 9.53 Å². The highest BCUT2D eigenvalue weighted by molar-refractivity contribution is 5.69. The molecule has 0 radical (unpaired) electrons. The summed E-state index contributed by atoms with van der Waals surface area (Å²) in [6, 6.07) is 8.72. The third-order valence-electron chi connectivity index (χ3n) is 4.86. The quantitative estimate of drug-likeness (QED) is 0.455. The van der Waals surface area contributed by atoms with Gasteiger partial charge < -0.3 is 10.1 Å². The van der Waals surface area contributed by atoms with Crippen LogP contribution in [0.4, 0.5) is 5.69 Å². The van der Waals surface area contributed by atoms with Gasteiger partial charge in [0.25, 0.3) is 0 Å². The van der Waals surface area contributed by atoms with Gasteiger partial charge in [-0.1, -0.05) is 52.2 Å². The first-order valence-corrected chi connectivity index (χ1v) is 10.3. The molecule has 0 aliphatic heterocycles. The third-order valence-corrected chi connectivity index (χ3v) is 4.86. The van der Waals surface area contributed by atoms with E-state index in [1.807, 2.05) is 20.8 Å². The van der Waals surface area contributed by atoms with Gasteiger partial charge >= 0.3 is 5.97 Å². The molecule has 0 bridgehead atoms. The molecule has 1 atom stereocenters. The summed E-state index contributed by atoms with van der Waals surface area (Å²) in [6.07, 6.45) is 5.95. The van der Waals surface area contributed by atoms with E-state index in [0.717, 1.165) is 31.7 Å². The number of anilines is 1. The van der Waals surface area contributed by atoms with E-state index >= 15 is 0 Å². The summed E-state index contributed by atoms with van der Waals surface area (Å²) in [5, 5.41) is 3.59. The van der Waals surface area contributed by atoms with Gasteiger partial charge in [-0.3, -0.25) is 4.79 Å². The van der Waals surface area contributed by atoms with Crippen molar-refractivity contribution in [1.29, 1.82) is 0 Å². The molecule has 148 valence electrons. The van der Waals surface area contributed by atoms with Crippen molar-refractivity contribution < 1.29 is 9.53 Å². The van der Waals surface area contributed by atoms with Crippen molar-refractivity contribution in [1.82, 2.24) is 0 Å². The van der Waals surface area contributed by atoms with Crippen LogP contribution >= 0.6 is 0 Å². The maximum absolute atomic E-state index is 12.1. The van der Waals surface area contributed by atoms with Crippen LogP contribution in [-0.4, -0.2) is 18.1 Å². The summed E-state index contributed by atoms with van der Waals surface area (Å²) in [5.74, 6) is 1.03. The lowest BCUT2D eigenvalue weighted by atomic mass is 9.90. The molecule has 0 aliphatic rings. The van der Waals surface area contributed by atoms with Crippen LogP contribution in [0.2, 0.25) is 0 Å². The van der Waals surface area contributed by atoms with E-state index < -0.39 is 5.60 Å². The molecule has 0 amide bonds. The standard InChI is InChI=1S/C23H39NO2/c1-7-11-19(14-15-22(25)26-23(4,5)6)20-12-10-13-21(16-20)24-17-18(8-2)9-3/h10,12-13,16,18-19,24H,7-9,11,14-15,17H2,1-6H3. The highest BCUT2D eigenvalue weighted by Gasteiger charge is 2.19. The fraction of sp³-hybridized carbons (Fsp3) is 0.696. The zero-order valence-corrected chi connectivity index (χ0v) is 17.7. The predicted octanol–water partition coefficient (Wildman–Crippen LogP) is 6.54. The van der Waals surface area contributed by atoms with Gasteiger partial charge in [-0.05, 0) is 63.1 Å². The number of ether oxygens (including phenoxy) is 1. The average Bonchev–Trinajstić information content (AvgIpc) is 2.58. The molecule has 0 aliphatic carbocycles. The van der Waals surface area contributed by atoms with Crippen molar-refractivity contribution in [3.05, 3.63) is 29.8 Å². The lowest BCUT2D eigenvalue weighted by Crippen LogP contribution is -2.24. The molecular weight excluding hydrogens is 322 g/mol. The number of rotatable bonds is 11. The van der Waals surface area contributed by atoms with Crippen molar-refractivity contribution >= 4 is 11.7 Å². The summed E-state index contributed by atoms with van der Waals surface area (Å²) < 4.78 is 5.46. The molecule has 0 spiro atoms. The molecule has 0 fully saturated rings. The van der Waals surface area contributed by atoms with Gasteiger partial charge in [0.1, 0.15) is 5.60 Å². The fourth-order valence-electron chi connectivity index (χ4n) is 3.25. The molecule has 3 heteroatoms. The first-order valence-electron chi connectivity index (χ1n) is 10.3. The lowest BCUT2D eigenvalue weighted by Gasteiger charge is -2.22. The SMILES string of the molecule is CCCC(CCC(=O)OC(C)(C)C)c1cccc(NCC(CC)CC)c1. The molecule has 1 rings (SSSR count). The Labute approximate surface area is 160 Å². The number of hydrogen-bond donors (Lipinski definition) is 1. The van der Waals surface area contributed by atoms with E-state index in [-0.39, 0.29) is 5.97 Å². The minimum atomic E-state index is -0.406. The van der Waals surface area contributed by atoms with Crippen LogP contribution in [0.5, 0.6) is 0 Å². The Morgan fingerprint density at radius 3 is 2.38 bits per heavy atom. The zero-order chi connectivity index (χ0) is 19.6. The van der Waals surface area contributed by atoms with Crippen molar-refractivity contribution in [2.24, 2.45) is 5.92 Å². The van der Waals surface area contributed by atoms with Gasteiger partial charge in [0, 0.05) is 18.7 Å². The number of carbonyl (C=O) groups excluding carboxylic acids is 1. The Bertz CT molecular complexity index is 529. The predicted molar refractivity (Wildman–Crippen MR) is 112 cm³/mol. The number of benzene rings is 1. The number of hydrogen-bond acceptors (Lipinski definition) is 3. The number of carbonyl (C=O) groups is 1. The van der Waals surface area contributed by atoms with Crippen molar-refractivity contribution in [2.75, 3.05) is 11.9 Å². The van der Waals surface area contributed by atoms with Crippen molar-refractivity contribution in [2.45, 2.75) is 91.6 Å². The summed E-state index contributed by atoms with van der Waals surface area (Å²) in [6.45, 7) is 13.5. The van der Waals surface area contributed by atoms with Gasteiger partial charge in [-0.25, -0.2) is 0 Å². The van der Waals surface area contributed by atoms with Gasteiger partial charge in [-0.2, -0.15) is 0 Å². The molecule has 1 N–H and O–H groups in total. The Balaban J connectivity index is 2.71. The van der Waals surface area contributed by atoms with Crippen LogP contribution < -0.4 is 5.32 Å². The molecule has 26 heavy (non-hydrogen) atoms. The van der Waals surface area contributed by atoms with Gasteiger partial charge in [-0.15, -0.1) is 0 Å². The van der Waals surface area contributed by atoms with Gasteiger partial charge in [0.2, 0.25) is 0 Å². The Kier molecular flexibility index (Phi) is 9.75. The van der Waals surface area contributed by atoms with Crippen LogP contribution in [0, 0.1) is 5.92 Å². The maximum Gasteiger partial charge on any atom is 0.306 e. The van der Waals surface area contributed by atoms with Crippen molar-refractivity contribution in [3.63, 3.8) is 0 Å². The monoisotopic (exact) mass is 361 g/mol. The van der Waals surface area contributed by atoms with Crippen LogP contribution in [0.3, 0.4) is 0 Å². The van der Waals surface area contributed by atoms with E-state index in [0.29, 0.717) is 12.3 Å².